The molecule has 0 bridgehead atoms. The van der Waals surface area contributed by atoms with Gasteiger partial charge in [0.15, 0.2) is 11.5 Å². The zero-order valence-electron chi connectivity index (χ0n) is 12.1. The number of hydrogen-bond acceptors (Lipinski definition) is 3. The van der Waals surface area contributed by atoms with Crippen molar-refractivity contribution in [3.05, 3.63) is 23.8 Å². The van der Waals surface area contributed by atoms with Gasteiger partial charge < -0.3 is 15.2 Å². The lowest BCUT2D eigenvalue weighted by molar-refractivity contribution is 0.350. The highest BCUT2D eigenvalue weighted by atomic mass is 16.5. The number of benzene rings is 1. The van der Waals surface area contributed by atoms with E-state index in [9.17, 15) is 0 Å². The minimum atomic E-state index is 0.220. The normalized spacial score (nSPS) is 14.4. The standard InChI is InChI=1S/C15H25NO2/c1-10(2)15(16)11(3)8-12-6-7-13(17-4)14(9-12)18-5/h6-7,9-11,15H,8,16H2,1-5H3. The predicted octanol–water partition coefficient (Wildman–Crippen LogP) is 2.87. The maximum absolute atomic E-state index is 6.18. The van der Waals surface area contributed by atoms with Crippen LogP contribution in [0.5, 0.6) is 11.5 Å². The molecule has 0 aliphatic heterocycles. The van der Waals surface area contributed by atoms with Gasteiger partial charge >= 0.3 is 0 Å². The van der Waals surface area contributed by atoms with Crippen molar-refractivity contribution in [1.29, 1.82) is 0 Å². The lowest BCUT2D eigenvalue weighted by Crippen LogP contribution is -2.34. The molecule has 2 atom stereocenters. The first-order valence-electron chi connectivity index (χ1n) is 6.46. The number of nitrogens with two attached hydrogens (primary N) is 1. The molecular formula is C15H25NO2. The molecular weight excluding hydrogens is 226 g/mol. The van der Waals surface area contributed by atoms with Crippen LogP contribution in [0.2, 0.25) is 0 Å². The van der Waals surface area contributed by atoms with Crippen LogP contribution in [-0.4, -0.2) is 20.3 Å². The zero-order chi connectivity index (χ0) is 13.7. The van der Waals surface area contributed by atoms with Crippen molar-refractivity contribution in [2.75, 3.05) is 14.2 Å². The van der Waals surface area contributed by atoms with Crippen LogP contribution in [0.1, 0.15) is 26.3 Å². The Balaban J connectivity index is 2.79. The molecule has 2 N–H and O–H groups in total. The number of ether oxygens (including phenoxy) is 2. The average Bonchev–Trinajstić information content (AvgIpc) is 2.37. The first kappa shape index (κ1) is 14.8. The molecule has 0 fully saturated rings. The molecule has 3 heteroatoms. The minimum absolute atomic E-state index is 0.220. The van der Waals surface area contributed by atoms with E-state index >= 15 is 0 Å². The lowest BCUT2D eigenvalue weighted by atomic mass is 9.88. The summed E-state index contributed by atoms with van der Waals surface area (Å²) in [4.78, 5) is 0. The van der Waals surface area contributed by atoms with Crippen molar-refractivity contribution in [2.24, 2.45) is 17.6 Å². The number of rotatable bonds is 6. The summed E-state index contributed by atoms with van der Waals surface area (Å²) >= 11 is 0. The first-order chi connectivity index (χ1) is 8.49. The van der Waals surface area contributed by atoms with Crippen molar-refractivity contribution in [3.8, 4) is 11.5 Å². The Hall–Kier alpha value is -1.22. The molecule has 2 unspecified atom stereocenters. The van der Waals surface area contributed by atoms with Crippen LogP contribution in [0.15, 0.2) is 18.2 Å². The molecule has 3 nitrogen and oxygen atoms in total. The fourth-order valence-electron chi connectivity index (χ4n) is 2.17. The Bertz CT molecular complexity index is 377. The third-order valence-electron chi connectivity index (χ3n) is 3.43. The van der Waals surface area contributed by atoms with Gasteiger partial charge in [0, 0.05) is 6.04 Å². The Morgan fingerprint density at radius 2 is 1.67 bits per heavy atom. The van der Waals surface area contributed by atoms with Crippen LogP contribution in [0.4, 0.5) is 0 Å². The van der Waals surface area contributed by atoms with E-state index in [0.29, 0.717) is 11.8 Å². The smallest absolute Gasteiger partial charge is 0.160 e. The number of methoxy groups -OCH3 is 2. The Morgan fingerprint density at radius 3 is 2.17 bits per heavy atom. The Kier molecular flexibility index (Phi) is 5.48. The molecule has 0 saturated heterocycles. The van der Waals surface area contributed by atoms with Gasteiger partial charge in [-0.15, -0.1) is 0 Å². The van der Waals surface area contributed by atoms with Gasteiger partial charge in [-0.1, -0.05) is 26.8 Å². The van der Waals surface area contributed by atoms with Crippen molar-refractivity contribution < 1.29 is 9.47 Å². The van der Waals surface area contributed by atoms with Crippen LogP contribution in [0.3, 0.4) is 0 Å². The summed E-state index contributed by atoms with van der Waals surface area (Å²) in [5.41, 5.74) is 7.41. The lowest BCUT2D eigenvalue weighted by Gasteiger charge is -2.23. The summed E-state index contributed by atoms with van der Waals surface area (Å²) in [6.45, 7) is 6.52. The highest BCUT2D eigenvalue weighted by Gasteiger charge is 2.17. The van der Waals surface area contributed by atoms with Crippen molar-refractivity contribution >= 4 is 0 Å². The van der Waals surface area contributed by atoms with E-state index in [4.69, 9.17) is 15.2 Å². The molecule has 0 radical (unpaired) electrons. The molecule has 0 aliphatic rings. The van der Waals surface area contributed by atoms with Gasteiger partial charge in [-0.25, -0.2) is 0 Å². The topological polar surface area (TPSA) is 44.5 Å². The Labute approximate surface area is 110 Å². The summed E-state index contributed by atoms with van der Waals surface area (Å²) in [5, 5.41) is 0. The molecule has 0 heterocycles. The largest absolute Gasteiger partial charge is 0.493 e. The minimum Gasteiger partial charge on any atom is -0.493 e. The predicted molar refractivity (Wildman–Crippen MR) is 75.2 cm³/mol. The molecule has 0 aliphatic carbocycles. The van der Waals surface area contributed by atoms with Crippen LogP contribution in [0.25, 0.3) is 0 Å². The summed E-state index contributed by atoms with van der Waals surface area (Å²) < 4.78 is 10.5. The Morgan fingerprint density at radius 1 is 1.06 bits per heavy atom. The molecule has 0 amide bonds. The van der Waals surface area contributed by atoms with E-state index in [2.05, 4.69) is 26.8 Å². The van der Waals surface area contributed by atoms with E-state index in [1.165, 1.54) is 5.56 Å². The van der Waals surface area contributed by atoms with Gasteiger partial charge in [0.2, 0.25) is 0 Å². The van der Waals surface area contributed by atoms with Gasteiger partial charge in [-0.3, -0.25) is 0 Å². The maximum atomic E-state index is 6.18. The molecule has 18 heavy (non-hydrogen) atoms. The van der Waals surface area contributed by atoms with Crippen molar-refractivity contribution in [2.45, 2.75) is 33.2 Å². The van der Waals surface area contributed by atoms with Crippen LogP contribution in [-0.2, 0) is 6.42 Å². The van der Waals surface area contributed by atoms with Crippen molar-refractivity contribution in [3.63, 3.8) is 0 Å². The van der Waals surface area contributed by atoms with Crippen LogP contribution >= 0.6 is 0 Å². The van der Waals surface area contributed by atoms with Crippen molar-refractivity contribution in [1.82, 2.24) is 0 Å². The maximum Gasteiger partial charge on any atom is 0.160 e. The van der Waals surface area contributed by atoms with Gasteiger partial charge in [-0.2, -0.15) is 0 Å². The third-order valence-corrected chi connectivity index (χ3v) is 3.43. The fraction of sp³-hybridized carbons (Fsp3) is 0.600. The fourth-order valence-corrected chi connectivity index (χ4v) is 2.17. The highest BCUT2D eigenvalue weighted by Crippen LogP contribution is 2.29. The van der Waals surface area contributed by atoms with E-state index in [-0.39, 0.29) is 6.04 Å². The van der Waals surface area contributed by atoms with Gasteiger partial charge in [0.05, 0.1) is 14.2 Å². The SMILES string of the molecule is COc1ccc(CC(C)C(N)C(C)C)cc1OC. The highest BCUT2D eigenvalue weighted by molar-refractivity contribution is 5.43. The third kappa shape index (κ3) is 3.64. The van der Waals surface area contributed by atoms with E-state index in [1.54, 1.807) is 14.2 Å². The van der Waals surface area contributed by atoms with E-state index in [1.807, 2.05) is 12.1 Å². The monoisotopic (exact) mass is 251 g/mol. The molecule has 1 aromatic carbocycles. The molecule has 102 valence electrons. The molecule has 1 aromatic rings. The average molecular weight is 251 g/mol. The van der Waals surface area contributed by atoms with Crippen LogP contribution < -0.4 is 15.2 Å². The molecule has 1 rings (SSSR count). The second-order valence-electron chi connectivity index (χ2n) is 5.19. The summed E-state index contributed by atoms with van der Waals surface area (Å²) in [6, 6.07) is 6.27. The van der Waals surface area contributed by atoms with Crippen LogP contribution in [0, 0.1) is 11.8 Å². The van der Waals surface area contributed by atoms with Gasteiger partial charge in [0.25, 0.3) is 0 Å². The number of hydrogen-bond donors (Lipinski definition) is 1. The summed E-state index contributed by atoms with van der Waals surface area (Å²) in [6.07, 6.45) is 0.958. The summed E-state index contributed by atoms with van der Waals surface area (Å²) in [7, 11) is 3.31. The van der Waals surface area contributed by atoms with Gasteiger partial charge in [0.1, 0.15) is 0 Å². The van der Waals surface area contributed by atoms with E-state index < -0.39 is 0 Å². The molecule has 0 saturated carbocycles. The van der Waals surface area contributed by atoms with E-state index in [0.717, 1.165) is 17.9 Å². The quantitative estimate of drug-likeness (QED) is 0.845. The zero-order valence-corrected chi connectivity index (χ0v) is 12.1. The molecule has 0 aromatic heterocycles. The second-order valence-corrected chi connectivity index (χ2v) is 5.19. The summed E-state index contributed by atoms with van der Waals surface area (Å²) in [5.74, 6) is 2.49. The first-order valence-corrected chi connectivity index (χ1v) is 6.46. The van der Waals surface area contributed by atoms with Gasteiger partial charge in [-0.05, 0) is 36.0 Å². The second kappa shape index (κ2) is 6.64. The molecule has 0 spiro atoms.